The molecular weight excluding hydrogens is 336 g/mol. The predicted octanol–water partition coefficient (Wildman–Crippen LogP) is 3.12. The van der Waals surface area contributed by atoms with E-state index < -0.39 is 0 Å². The molecule has 0 spiro atoms. The second kappa shape index (κ2) is 8.34. The summed E-state index contributed by atoms with van der Waals surface area (Å²) >= 11 is 1.65. The molecular formula is C18H20N4O2S. The van der Waals surface area contributed by atoms with Crippen LogP contribution in [0.2, 0.25) is 0 Å². The normalized spacial score (nSPS) is 10.4. The van der Waals surface area contributed by atoms with Gasteiger partial charge in [0.1, 0.15) is 5.75 Å². The Balaban J connectivity index is 1.39. The molecule has 2 N–H and O–H groups in total. The number of hydrogen-bond acceptors (Lipinski definition) is 4. The van der Waals surface area contributed by atoms with Gasteiger partial charge in [0.15, 0.2) is 0 Å². The second-order valence-electron chi connectivity index (χ2n) is 5.43. The van der Waals surface area contributed by atoms with Gasteiger partial charge >= 0.3 is 6.03 Å². The molecule has 0 aliphatic rings. The summed E-state index contributed by atoms with van der Waals surface area (Å²) in [5.74, 6) is 0.800. The zero-order valence-electron chi connectivity index (χ0n) is 13.9. The van der Waals surface area contributed by atoms with Crippen LogP contribution in [0, 0.1) is 0 Å². The van der Waals surface area contributed by atoms with Crippen LogP contribution in [0.1, 0.15) is 5.56 Å². The van der Waals surface area contributed by atoms with Crippen LogP contribution in [0.3, 0.4) is 0 Å². The molecule has 3 rings (SSSR count). The van der Waals surface area contributed by atoms with E-state index in [0.717, 1.165) is 22.6 Å². The Morgan fingerprint density at radius 3 is 2.76 bits per heavy atom. The zero-order valence-corrected chi connectivity index (χ0v) is 14.8. The summed E-state index contributed by atoms with van der Waals surface area (Å²) in [6, 6.07) is 11.4. The molecule has 0 aliphatic heterocycles. The van der Waals surface area contributed by atoms with Crippen molar-refractivity contribution in [2.75, 3.05) is 13.7 Å². The molecule has 6 nitrogen and oxygen atoms in total. The van der Waals surface area contributed by atoms with E-state index in [1.807, 2.05) is 52.7 Å². The lowest BCUT2D eigenvalue weighted by molar-refractivity contribution is 0.240. The van der Waals surface area contributed by atoms with E-state index in [1.165, 1.54) is 0 Å². The summed E-state index contributed by atoms with van der Waals surface area (Å²) in [7, 11) is 1.63. The summed E-state index contributed by atoms with van der Waals surface area (Å²) in [5.41, 5.74) is 3.09. The summed E-state index contributed by atoms with van der Waals surface area (Å²) in [5, 5.41) is 14.3. The van der Waals surface area contributed by atoms with Gasteiger partial charge in [0.25, 0.3) is 0 Å². The number of hydrogen-bond donors (Lipinski definition) is 2. The van der Waals surface area contributed by atoms with E-state index in [9.17, 15) is 4.79 Å². The minimum atomic E-state index is -0.193. The lowest BCUT2D eigenvalue weighted by Gasteiger charge is -2.08. The molecule has 2 heterocycles. The highest BCUT2D eigenvalue weighted by molar-refractivity contribution is 7.08. The molecule has 25 heavy (non-hydrogen) atoms. The van der Waals surface area contributed by atoms with Gasteiger partial charge in [-0.25, -0.2) is 4.79 Å². The van der Waals surface area contributed by atoms with Gasteiger partial charge in [-0.05, 0) is 35.2 Å². The van der Waals surface area contributed by atoms with Crippen LogP contribution < -0.4 is 15.4 Å². The first-order chi connectivity index (χ1) is 12.2. The van der Waals surface area contributed by atoms with E-state index in [2.05, 4.69) is 21.1 Å². The van der Waals surface area contributed by atoms with Gasteiger partial charge in [-0.1, -0.05) is 12.1 Å². The fourth-order valence-corrected chi connectivity index (χ4v) is 2.97. The molecule has 3 aromatic rings. The first-order valence-corrected chi connectivity index (χ1v) is 8.89. The van der Waals surface area contributed by atoms with Gasteiger partial charge in [0, 0.05) is 30.2 Å². The Morgan fingerprint density at radius 2 is 2.04 bits per heavy atom. The molecule has 0 unspecified atom stereocenters. The Morgan fingerprint density at radius 1 is 1.20 bits per heavy atom. The van der Waals surface area contributed by atoms with E-state index in [4.69, 9.17) is 4.74 Å². The highest BCUT2D eigenvalue weighted by Gasteiger charge is 2.04. The first kappa shape index (κ1) is 17.0. The van der Waals surface area contributed by atoms with Crippen molar-refractivity contribution in [2.45, 2.75) is 13.1 Å². The van der Waals surface area contributed by atoms with Crippen LogP contribution in [0.5, 0.6) is 5.75 Å². The lowest BCUT2D eigenvalue weighted by atomic mass is 10.2. The quantitative estimate of drug-likeness (QED) is 0.683. The molecule has 0 aliphatic carbocycles. The smallest absolute Gasteiger partial charge is 0.315 e. The van der Waals surface area contributed by atoms with Crippen molar-refractivity contribution in [3.8, 4) is 17.0 Å². The van der Waals surface area contributed by atoms with Crippen LogP contribution in [0.4, 0.5) is 4.79 Å². The van der Waals surface area contributed by atoms with Gasteiger partial charge in [-0.15, -0.1) is 0 Å². The highest BCUT2D eigenvalue weighted by Crippen LogP contribution is 2.19. The minimum Gasteiger partial charge on any atom is -0.497 e. The molecule has 2 aromatic heterocycles. The molecule has 0 fully saturated rings. The van der Waals surface area contributed by atoms with Crippen LogP contribution in [0.15, 0.2) is 53.4 Å². The topological polar surface area (TPSA) is 68.2 Å². The predicted molar refractivity (Wildman–Crippen MR) is 98.8 cm³/mol. The van der Waals surface area contributed by atoms with Crippen molar-refractivity contribution in [3.05, 3.63) is 58.9 Å². The Hall–Kier alpha value is -2.80. The monoisotopic (exact) mass is 356 g/mol. The standard InChI is InChI=1S/C18H20N4O2S/c1-24-16-4-2-14(3-5-16)12-20-18(23)19-8-10-22-9-6-17(21-22)15-7-11-25-13-15/h2-7,9,11,13H,8,10,12H2,1H3,(H2,19,20,23). The lowest BCUT2D eigenvalue weighted by Crippen LogP contribution is -2.36. The molecule has 0 saturated carbocycles. The number of benzene rings is 1. The van der Waals surface area contributed by atoms with Crippen molar-refractivity contribution in [3.63, 3.8) is 0 Å². The molecule has 2 amide bonds. The number of urea groups is 1. The molecule has 130 valence electrons. The third-order valence-corrected chi connectivity index (χ3v) is 4.38. The van der Waals surface area contributed by atoms with Crippen molar-refractivity contribution >= 4 is 17.4 Å². The minimum absolute atomic E-state index is 0.193. The van der Waals surface area contributed by atoms with Gasteiger partial charge in [0.05, 0.1) is 19.3 Å². The summed E-state index contributed by atoms with van der Waals surface area (Å²) in [6.07, 6.45) is 1.92. The number of carbonyl (C=O) groups excluding carboxylic acids is 1. The number of methoxy groups -OCH3 is 1. The number of ether oxygens (including phenoxy) is 1. The number of amides is 2. The third kappa shape index (κ3) is 4.84. The summed E-state index contributed by atoms with van der Waals surface area (Å²) in [6.45, 7) is 1.61. The Kier molecular flexibility index (Phi) is 5.69. The van der Waals surface area contributed by atoms with E-state index in [-0.39, 0.29) is 6.03 Å². The highest BCUT2D eigenvalue weighted by atomic mass is 32.1. The largest absolute Gasteiger partial charge is 0.497 e. The summed E-state index contributed by atoms with van der Waals surface area (Å²) in [4.78, 5) is 11.8. The number of aromatic nitrogens is 2. The summed E-state index contributed by atoms with van der Waals surface area (Å²) < 4.78 is 6.94. The van der Waals surface area contributed by atoms with Crippen LogP contribution in [0.25, 0.3) is 11.3 Å². The van der Waals surface area contributed by atoms with E-state index in [1.54, 1.807) is 18.4 Å². The van der Waals surface area contributed by atoms with Crippen molar-refractivity contribution in [1.29, 1.82) is 0 Å². The van der Waals surface area contributed by atoms with Gasteiger partial charge in [-0.2, -0.15) is 16.4 Å². The first-order valence-electron chi connectivity index (χ1n) is 7.95. The fourth-order valence-electron chi connectivity index (χ4n) is 2.32. The Labute approximate surface area is 150 Å². The van der Waals surface area contributed by atoms with E-state index in [0.29, 0.717) is 19.6 Å². The average molecular weight is 356 g/mol. The van der Waals surface area contributed by atoms with Gasteiger partial charge in [0.2, 0.25) is 0 Å². The number of rotatable bonds is 7. The van der Waals surface area contributed by atoms with Gasteiger partial charge < -0.3 is 15.4 Å². The second-order valence-corrected chi connectivity index (χ2v) is 6.21. The van der Waals surface area contributed by atoms with Crippen molar-refractivity contribution in [1.82, 2.24) is 20.4 Å². The molecule has 0 bridgehead atoms. The number of nitrogens with zero attached hydrogens (tertiary/aromatic N) is 2. The van der Waals surface area contributed by atoms with Crippen molar-refractivity contribution < 1.29 is 9.53 Å². The maximum absolute atomic E-state index is 11.8. The average Bonchev–Trinajstić information content (AvgIpc) is 3.32. The number of nitrogens with one attached hydrogen (secondary N) is 2. The maximum atomic E-state index is 11.8. The van der Waals surface area contributed by atoms with Crippen LogP contribution in [-0.4, -0.2) is 29.5 Å². The molecule has 0 atom stereocenters. The Bertz CT molecular complexity index is 797. The molecule has 0 saturated heterocycles. The maximum Gasteiger partial charge on any atom is 0.315 e. The SMILES string of the molecule is COc1ccc(CNC(=O)NCCn2ccc(-c3ccsc3)n2)cc1. The van der Waals surface area contributed by atoms with Gasteiger partial charge in [-0.3, -0.25) is 4.68 Å². The third-order valence-electron chi connectivity index (χ3n) is 3.70. The van der Waals surface area contributed by atoms with Crippen LogP contribution >= 0.6 is 11.3 Å². The number of carbonyl (C=O) groups is 1. The number of thiophene rings is 1. The molecule has 1 aromatic carbocycles. The fraction of sp³-hybridized carbons (Fsp3) is 0.222. The van der Waals surface area contributed by atoms with Crippen LogP contribution in [-0.2, 0) is 13.1 Å². The van der Waals surface area contributed by atoms with Crippen molar-refractivity contribution in [2.24, 2.45) is 0 Å². The molecule has 0 radical (unpaired) electrons. The molecule has 7 heteroatoms. The van der Waals surface area contributed by atoms with E-state index >= 15 is 0 Å². The zero-order chi connectivity index (χ0) is 17.5.